The third-order valence-corrected chi connectivity index (χ3v) is 4.91. The van der Waals surface area contributed by atoms with Gasteiger partial charge >= 0.3 is 0 Å². The van der Waals surface area contributed by atoms with Crippen LogP contribution in [0.3, 0.4) is 0 Å². The van der Waals surface area contributed by atoms with Gasteiger partial charge in [-0.2, -0.15) is 0 Å². The highest BCUT2D eigenvalue weighted by Gasteiger charge is 2.18. The standard InChI is InChI=1S/C20H40/c1-6-8-9-10-11-12-13-14-15-16-17-18-20(4,5)19(3)7-2/h7H,6,8-18H2,1-5H3. The van der Waals surface area contributed by atoms with E-state index in [2.05, 4.69) is 40.7 Å². The summed E-state index contributed by atoms with van der Waals surface area (Å²) >= 11 is 0. The number of allylic oxidation sites excluding steroid dienone is 2. The molecule has 0 saturated carbocycles. The van der Waals surface area contributed by atoms with Crippen LogP contribution in [0.4, 0.5) is 0 Å². The van der Waals surface area contributed by atoms with Crippen LogP contribution in [0.5, 0.6) is 0 Å². The first-order valence-corrected chi connectivity index (χ1v) is 9.18. The molecule has 0 radical (unpaired) electrons. The molecule has 0 amide bonds. The maximum absolute atomic E-state index is 2.39. The van der Waals surface area contributed by atoms with Gasteiger partial charge in [0.25, 0.3) is 0 Å². The molecular weight excluding hydrogens is 240 g/mol. The molecule has 0 aromatic carbocycles. The Balaban J connectivity index is 3.33. The fourth-order valence-electron chi connectivity index (χ4n) is 2.82. The largest absolute Gasteiger partial charge is 0.0882 e. The van der Waals surface area contributed by atoms with Crippen LogP contribution in [0, 0.1) is 5.41 Å². The highest BCUT2D eigenvalue weighted by Crippen LogP contribution is 2.32. The molecule has 0 atom stereocenters. The second-order valence-electron chi connectivity index (χ2n) is 7.14. The molecule has 0 heterocycles. The molecule has 0 aliphatic heterocycles. The van der Waals surface area contributed by atoms with Crippen LogP contribution in [0.2, 0.25) is 0 Å². The molecule has 0 heteroatoms. The van der Waals surface area contributed by atoms with E-state index in [1.54, 1.807) is 5.57 Å². The lowest BCUT2D eigenvalue weighted by Crippen LogP contribution is -2.12. The molecule has 0 aliphatic carbocycles. The van der Waals surface area contributed by atoms with Crippen molar-refractivity contribution < 1.29 is 0 Å². The summed E-state index contributed by atoms with van der Waals surface area (Å²) in [5.41, 5.74) is 1.96. The molecule has 120 valence electrons. The Hall–Kier alpha value is -0.260. The second kappa shape index (κ2) is 12.5. The van der Waals surface area contributed by atoms with Crippen LogP contribution in [-0.2, 0) is 0 Å². The van der Waals surface area contributed by atoms with Gasteiger partial charge in [-0.05, 0) is 25.7 Å². The zero-order chi connectivity index (χ0) is 15.3. The SMILES string of the molecule is CC=C(C)C(C)(C)CCCCCCCCCCCCC. The third kappa shape index (κ3) is 10.5. The van der Waals surface area contributed by atoms with Crippen LogP contribution in [0.1, 0.15) is 112 Å². The van der Waals surface area contributed by atoms with E-state index in [1.807, 2.05) is 0 Å². The minimum atomic E-state index is 0.411. The molecule has 0 spiro atoms. The average Bonchev–Trinajstić information content (AvgIpc) is 2.43. The fraction of sp³-hybridized carbons (Fsp3) is 0.900. The van der Waals surface area contributed by atoms with E-state index in [4.69, 9.17) is 0 Å². The van der Waals surface area contributed by atoms with Gasteiger partial charge in [-0.1, -0.05) is 103 Å². The minimum absolute atomic E-state index is 0.411. The Morgan fingerprint density at radius 1 is 0.750 bits per heavy atom. The molecule has 0 fully saturated rings. The Bertz CT molecular complexity index is 234. The Morgan fingerprint density at radius 2 is 1.15 bits per heavy atom. The highest BCUT2D eigenvalue weighted by atomic mass is 14.2. The van der Waals surface area contributed by atoms with Crippen molar-refractivity contribution in [1.82, 2.24) is 0 Å². The minimum Gasteiger partial charge on any atom is -0.0882 e. The Kier molecular flexibility index (Phi) is 12.3. The zero-order valence-electron chi connectivity index (χ0n) is 15.1. The van der Waals surface area contributed by atoms with Crippen molar-refractivity contribution in [3.8, 4) is 0 Å². The van der Waals surface area contributed by atoms with Crippen LogP contribution in [-0.4, -0.2) is 0 Å². The lowest BCUT2D eigenvalue weighted by Gasteiger charge is -2.25. The van der Waals surface area contributed by atoms with Crippen molar-refractivity contribution in [2.45, 2.75) is 112 Å². The van der Waals surface area contributed by atoms with Gasteiger partial charge in [-0.15, -0.1) is 0 Å². The molecule has 0 bridgehead atoms. The monoisotopic (exact) mass is 280 g/mol. The topological polar surface area (TPSA) is 0 Å². The van der Waals surface area contributed by atoms with E-state index in [-0.39, 0.29) is 0 Å². The number of hydrogen-bond donors (Lipinski definition) is 0. The van der Waals surface area contributed by atoms with Crippen molar-refractivity contribution in [3.05, 3.63) is 11.6 Å². The molecule has 0 saturated heterocycles. The molecular formula is C20H40. The Morgan fingerprint density at radius 3 is 1.55 bits per heavy atom. The van der Waals surface area contributed by atoms with E-state index in [0.29, 0.717) is 5.41 Å². The first-order valence-electron chi connectivity index (χ1n) is 9.18. The van der Waals surface area contributed by atoms with E-state index < -0.39 is 0 Å². The van der Waals surface area contributed by atoms with Gasteiger partial charge in [0, 0.05) is 0 Å². The van der Waals surface area contributed by atoms with Gasteiger partial charge in [0.15, 0.2) is 0 Å². The Labute approximate surface area is 129 Å². The van der Waals surface area contributed by atoms with Crippen LogP contribution >= 0.6 is 0 Å². The smallest absolute Gasteiger partial charge is 0.0148 e. The van der Waals surface area contributed by atoms with E-state index in [1.165, 1.54) is 77.0 Å². The summed E-state index contributed by atoms with van der Waals surface area (Å²) < 4.78 is 0. The molecule has 0 aromatic rings. The summed E-state index contributed by atoms with van der Waals surface area (Å²) in [7, 11) is 0. The van der Waals surface area contributed by atoms with Crippen LogP contribution < -0.4 is 0 Å². The van der Waals surface area contributed by atoms with Crippen molar-refractivity contribution in [1.29, 1.82) is 0 Å². The normalized spacial score (nSPS) is 12.9. The molecule has 0 nitrogen and oxygen atoms in total. The quantitative estimate of drug-likeness (QED) is 0.240. The number of hydrogen-bond acceptors (Lipinski definition) is 0. The summed E-state index contributed by atoms with van der Waals surface area (Å²) in [4.78, 5) is 0. The van der Waals surface area contributed by atoms with Gasteiger partial charge in [-0.3, -0.25) is 0 Å². The summed E-state index contributed by atoms with van der Waals surface area (Å²) in [5.74, 6) is 0. The molecule has 0 aliphatic rings. The third-order valence-electron chi connectivity index (χ3n) is 4.91. The first kappa shape index (κ1) is 19.7. The maximum atomic E-state index is 2.39. The van der Waals surface area contributed by atoms with Gasteiger partial charge in [0.05, 0.1) is 0 Å². The summed E-state index contributed by atoms with van der Waals surface area (Å²) in [6, 6.07) is 0. The number of unbranched alkanes of at least 4 members (excludes halogenated alkanes) is 10. The molecule has 0 unspecified atom stereocenters. The molecule has 0 N–H and O–H groups in total. The van der Waals surface area contributed by atoms with Crippen molar-refractivity contribution in [2.24, 2.45) is 5.41 Å². The lowest BCUT2D eigenvalue weighted by atomic mass is 9.80. The van der Waals surface area contributed by atoms with Crippen LogP contribution in [0.25, 0.3) is 0 Å². The van der Waals surface area contributed by atoms with Crippen molar-refractivity contribution >= 4 is 0 Å². The van der Waals surface area contributed by atoms with E-state index in [0.717, 1.165) is 0 Å². The van der Waals surface area contributed by atoms with Crippen LogP contribution in [0.15, 0.2) is 11.6 Å². The van der Waals surface area contributed by atoms with Gasteiger partial charge in [0.1, 0.15) is 0 Å². The molecule has 0 aromatic heterocycles. The first-order chi connectivity index (χ1) is 9.54. The molecule has 0 rings (SSSR count). The highest BCUT2D eigenvalue weighted by molar-refractivity contribution is 5.07. The summed E-state index contributed by atoms with van der Waals surface area (Å²) in [5, 5.41) is 0. The summed E-state index contributed by atoms with van der Waals surface area (Å²) in [6.45, 7) is 11.5. The van der Waals surface area contributed by atoms with Crippen molar-refractivity contribution in [2.75, 3.05) is 0 Å². The maximum Gasteiger partial charge on any atom is -0.0148 e. The van der Waals surface area contributed by atoms with E-state index in [9.17, 15) is 0 Å². The van der Waals surface area contributed by atoms with Gasteiger partial charge < -0.3 is 0 Å². The summed E-state index contributed by atoms with van der Waals surface area (Å²) in [6.07, 6.45) is 19.5. The predicted octanol–water partition coefficient (Wildman–Crippen LogP) is 7.68. The fourth-order valence-corrected chi connectivity index (χ4v) is 2.82. The predicted molar refractivity (Wildman–Crippen MR) is 94.3 cm³/mol. The van der Waals surface area contributed by atoms with Crippen molar-refractivity contribution in [3.63, 3.8) is 0 Å². The number of rotatable bonds is 13. The van der Waals surface area contributed by atoms with E-state index >= 15 is 0 Å². The average molecular weight is 281 g/mol. The second-order valence-corrected chi connectivity index (χ2v) is 7.14. The molecule has 20 heavy (non-hydrogen) atoms. The zero-order valence-corrected chi connectivity index (χ0v) is 15.1. The lowest BCUT2D eigenvalue weighted by molar-refractivity contribution is 0.382. The van der Waals surface area contributed by atoms with Gasteiger partial charge in [-0.25, -0.2) is 0 Å². The van der Waals surface area contributed by atoms with Gasteiger partial charge in [0.2, 0.25) is 0 Å².